The lowest BCUT2D eigenvalue weighted by molar-refractivity contribution is -0.318. The summed E-state index contributed by atoms with van der Waals surface area (Å²) < 4.78 is 38.0. The minimum absolute atomic E-state index is 0.101. The zero-order chi connectivity index (χ0) is 51.3. The molecule has 18 atom stereocenters. The van der Waals surface area contributed by atoms with E-state index in [1.807, 2.05) is 55.9 Å². The van der Waals surface area contributed by atoms with Gasteiger partial charge in [0.25, 0.3) is 6.47 Å². The Labute approximate surface area is 404 Å². The van der Waals surface area contributed by atoms with Gasteiger partial charge < -0.3 is 69.3 Å². The fraction of sp³-hybridized carbons (Fsp3) is 0.820. The highest BCUT2D eigenvalue weighted by Crippen LogP contribution is 2.40. The summed E-state index contributed by atoms with van der Waals surface area (Å²) in [4.78, 5) is 40.0. The third-order valence-corrected chi connectivity index (χ3v) is 14.5. The zero-order valence-electron chi connectivity index (χ0n) is 42.9. The molecule has 1 amide bonds. The van der Waals surface area contributed by atoms with E-state index in [1.54, 1.807) is 48.5 Å². The highest BCUT2D eigenvalue weighted by atomic mass is 16.7. The molecule has 0 saturated carbocycles. The van der Waals surface area contributed by atoms with Gasteiger partial charge in [-0.2, -0.15) is 0 Å². The topological polar surface area (TPSA) is 246 Å². The Morgan fingerprint density at radius 3 is 2.19 bits per heavy atom. The van der Waals surface area contributed by atoms with Crippen LogP contribution in [-0.2, 0) is 49.2 Å². The second-order valence-corrected chi connectivity index (χ2v) is 20.5. The summed E-state index contributed by atoms with van der Waals surface area (Å²) in [5, 5.41) is 69.7. The number of hydrogen-bond acceptors (Lipinski definition) is 16. The maximum atomic E-state index is 14.5. The minimum Gasteiger partial charge on any atom is -0.483 e. The molecule has 3 fully saturated rings. The molecule has 3 heterocycles. The normalized spacial score (nSPS) is 40.2. The van der Waals surface area contributed by atoms with Gasteiger partial charge in [-0.05, 0) is 106 Å². The number of methoxy groups -OCH3 is 1. The molecule has 1 aromatic rings. The van der Waals surface area contributed by atoms with Crippen LogP contribution in [0.15, 0.2) is 30.3 Å². The van der Waals surface area contributed by atoms with Gasteiger partial charge in [-0.3, -0.25) is 19.3 Å². The van der Waals surface area contributed by atoms with E-state index in [-0.39, 0.29) is 62.7 Å². The number of rotatable bonds is 14. The summed E-state index contributed by atoms with van der Waals surface area (Å²) in [5.41, 5.74) is -3.47. The highest BCUT2D eigenvalue weighted by Gasteiger charge is 2.53. The van der Waals surface area contributed by atoms with Crippen LogP contribution in [0.2, 0.25) is 0 Å². The molecule has 0 aliphatic carbocycles. The van der Waals surface area contributed by atoms with Crippen LogP contribution in [0.3, 0.4) is 0 Å². The second-order valence-electron chi connectivity index (χ2n) is 20.5. The number of aliphatic hydroxyl groups is 5. The third kappa shape index (κ3) is 15.8. The number of nitrogens with one attached hydrogen (secondary N) is 1. The van der Waals surface area contributed by atoms with Crippen molar-refractivity contribution in [2.75, 3.05) is 40.8 Å². The van der Waals surface area contributed by atoms with Crippen LogP contribution in [0.5, 0.6) is 0 Å². The molecule has 0 radical (unpaired) electrons. The van der Waals surface area contributed by atoms with Crippen molar-refractivity contribution in [1.82, 2.24) is 15.1 Å². The summed E-state index contributed by atoms with van der Waals surface area (Å²) in [6.45, 7) is 18.2. The molecule has 68 heavy (non-hydrogen) atoms. The fourth-order valence-corrected chi connectivity index (χ4v) is 10.4. The van der Waals surface area contributed by atoms with E-state index in [1.165, 1.54) is 19.6 Å². The molecule has 3 saturated heterocycles. The molecule has 0 bridgehead atoms. The average molecular weight is 970 g/mol. The SMILES string of the molecule is CC[C@H]1OC(=O)[C@H](C)[C@@H](O[C@H]2C[C@@](C)(OC)[C@@H](O)[C@H](C)O2)[C@H](C)[C@@H](O[C@@H]2O[C@H](C)C[C@H](N(C)C)[C@H]2O)[C@](C)(O)C[C@@H](C)CN(CCC(=O)NCCCc2ccccc2)[C@H](C)[C@@H](O)[C@]1(C)O.O=CO. The number of carboxylic acid groups (broad SMARTS) is 1. The van der Waals surface area contributed by atoms with Gasteiger partial charge >= 0.3 is 5.97 Å². The van der Waals surface area contributed by atoms with Gasteiger partial charge in [-0.25, -0.2) is 0 Å². The molecule has 3 aliphatic rings. The van der Waals surface area contributed by atoms with Gasteiger partial charge in [0, 0.05) is 57.6 Å². The Bertz CT molecular complexity index is 1670. The first-order valence-electron chi connectivity index (χ1n) is 24.4. The van der Waals surface area contributed by atoms with Crippen LogP contribution in [0.1, 0.15) is 113 Å². The Kier molecular flexibility index (Phi) is 23.2. The van der Waals surface area contributed by atoms with Crippen molar-refractivity contribution in [2.24, 2.45) is 17.8 Å². The van der Waals surface area contributed by atoms with Crippen molar-refractivity contribution < 1.29 is 73.4 Å². The minimum atomic E-state index is -1.93. The standard InChI is InChI=1S/C49H85N3O13.CH2O2/c1-14-37-49(10,59)42(55)33(6)52(24-22-38(53)50-23-18-21-35-19-16-15-17-20-35)28-29(2)26-47(8,58)44(65-46-40(54)36(51(11)12)25-30(3)61-46)31(4)41(32(5)45(57)63-37)64-39-27-48(9,60-13)43(56)34(7)62-39;2-1-3/h15-17,19-20,29-34,36-37,39-44,46,54-56,58-59H,14,18,21-28H2,1-13H3,(H,50,53);1H,(H,2,3)/t29-,30-,31+,32-,33-,34+,36+,37-,39+,40-,41+,42-,43+,44-,46+,47-,48-,49-;/m1./s1. The molecule has 0 aromatic heterocycles. The lowest BCUT2D eigenvalue weighted by atomic mass is 9.77. The maximum absolute atomic E-state index is 14.5. The molecule has 1 aromatic carbocycles. The van der Waals surface area contributed by atoms with Gasteiger partial charge in [0.05, 0.1) is 41.5 Å². The number of benzene rings is 1. The first kappa shape index (κ1) is 59.5. The van der Waals surface area contributed by atoms with E-state index >= 15 is 0 Å². The number of carbonyl (C=O) groups excluding carboxylic acids is 2. The van der Waals surface area contributed by atoms with Gasteiger partial charge in [0.15, 0.2) is 12.6 Å². The third-order valence-electron chi connectivity index (χ3n) is 14.5. The van der Waals surface area contributed by atoms with Crippen molar-refractivity contribution in [3.05, 3.63) is 35.9 Å². The predicted molar refractivity (Wildman–Crippen MR) is 254 cm³/mol. The quantitative estimate of drug-likeness (QED) is 0.0805. The maximum Gasteiger partial charge on any atom is 0.311 e. The lowest BCUT2D eigenvalue weighted by Crippen LogP contribution is -2.60. The number of esters is 1. The van der Waals surface area contributed by atoms with Crippen molar-refractivity contribution in [1.29, 1.82) is 0 Å². The highest BCUT2D eigenvalue weighted by molar-refractivity contribution is 5.76. The summed E-state index contributed by atoms with van der Waals surface area (Å²) in [5.74, 6) is -3.07. The Morgan fingerprint density at radius 1 is 0.971 bits per heavy atom. The van der Waals surface area contributed by atoms with E-state index in [0.717, 1.165) is 12.8 Å². The first-order valence-corrected chi connectivity index (χ1v) is 24.4. The van der Waals surface area contributed by atoms with E-state index < -0.39 is 96.0 Å². The first-order chi connectivity index (χ1) is 31.8. The summed E-state index contributed by atoms with van der Waals surface area (Å²) in [6, 6.07) is 9.02. The average Bonchev–Trinajstić information content (AvgIpc) is 3.28. The number of hydrogen-bond donors (Lipinski definition) is 7. The number of ether oxygens (including phenoxy) is 6. The van der Waals surface area contributed by atoms with Crippen molar-refractivity contribution in [3.8, 4) is 0 Å². The van der Waals surface area contributed by atoms with Crippen LogP contribution < -0.4 is 5.32 Å². The van der Waals surface area contributed by atoms with Crippen molar-refractivity contribution in [3.63, 3.8) is 0 Å². The van der Waals surface area contributed by atoms with Crippen molar-refractivity contribution in [2.45, 2.75) is 204 Å². The number of cyclic esters (lactones) is 1. The monoisotopic (exact) mass is 970 g/mol. The van der Waals surface area contributed by atoms with E-state index in [2.05, 4.69) is 17.4 Å². The molecule has 0 unspecified atom stereocenters. The van der Waals surface area contributed by atoms with Crippen molar-refractivity contribution >= 4 is 18.3 Å². The number of nitrogens with zero attached hydrogens (tertiary/aromatic N) is 2. The van der Waals surface area contributed by atoms with Crippen LogP contribution in [-0.4, -0.2) is 190 Å². The van der Waals surface area contributed by atoms with E-state index in [4.69, 9.17) is 38.3 Å². The summed E-state index contributed by atoms with van der Waals surface area (Å²) >= 11 is 0. The molecular formula is C50H87N3O15. The number of aryl methyl sites for hydroxylation is 1. The number of aliphatic hydroxyl groups excluding tert-OH is 3. The molecule has 0 spiro atoms. The lowest BCUT2D eigenvalue weighted by Gasteiger charge is -2.48. The molecule has 7 N–H and O–H groups in total. The predicted octanol–water partition coefficient (Wildman–Crippen LogP) is 3.11. The molecule has 392 valence electrons. The largest absolute Gasteiger partial charge is 0.483 e. The van der Waals surface area contributed by atoms with E-state index in [9.17, 15) is 35.1 Å². The number of carbonyl (C=O) groups is 3. The van der Waals surface area contributed by atoms with Gasteiger partial charge in [0.2, 0.25) is 5.91 Å². The van der Waals surface area contributed by atoms with Crippen LogP contribution in [0.25, 0.3) is 0 Å². The fourth-order valence-electron chi connectivity index (χ4n) is 10.4. The van der Waals surface area contributed by atoms with Crippen LogP contribution in [0.4, 0.5) is 0 Å². The van der Waals surface area contributed by atoms with Gasteiger partial charge in [-0.15, -0.1) is 0 Å². The van der Waals surface area contributed by atoms with E-state index in [0.29, 0.717) is 19.5 Å². The Balaban J connectivity index is 0.00000397. The zero-order valence-corrected chi connectivity index (χ0v) is 42.9. The summed E-state index contributed by atoms with van der Waals surface area (Å²) in [6.07, 6.45) is -7.38. The number of likely N-dealkylation sites (N-methyl/N-ethyl adjacent to an activating group) is 1. The molecular weight excluding hydrogens is 883 g/mol. The Morgan fingerprint density at radius 2 is 1.60 bits per heavy atom. The summed E-state index contributed by atoms with van der Waals surface area (Å²) in [7, 11) is 5.25. The second kappa shape index (κ2) is 26.6. The van der Waals surface area contributed by atoms with Crippen LogP contribution >= 0.6 is 0 Å². The smallest absolute Gasteiger partial charge is 0.311 e. The van der Waals surface area contributed by atoms with Crippen LogP contribution in [0, 0.1) is 17.8 Å². The van der Waals surface area contributed by atoms with Gasteiger partial charge in [0.1, 0.15) is 30.0 Å². The molecule has 18 heteroatoms. The molecule has 18 nitrogen and oxygen atoms in total. The van der Waals surface area contributed by atoms with Gasteiger partial charge in [-0.1, -0.05) is 51.1 Å². The molecule has 3 aliphatic heterocycles. The Hall–Kier alpha value is -2.85. The number of amides is 1. The molecule has 4 rings (SSSR count).